The number of aromatic carboxylic acids is 1. The van der Waals surface area contributed by atoms with Gasteiger partial charge in [-0.15, -0.1) is 0 Å². The number of aryl methyl sites for hydroxylation is 1. The molecule has 1 N–H and O–H groups in total. The van der Waals surface area contributed by atoms with Gasteiger partial charge in [-0.1, -0.05) is 36.4 Å². The van der Waals surface area contributed by atoms with Crippen molar-refractivity contribution < 1.29 is 14.6 Å². The van der Waals surface area contributed by atoms with E-state index in [1.54, 1.807) is 12.1 Å². The van der Waals surface area contributed by atoms with E-state index < -0.39 is 5.97 Å². The first kappa shape index (κ1) is 13.8. The van der Waals surface area contributed by atoms with Crippen LogP contribution in [0.3, 0.4) is 0 Å². The van der Waals surface area contributed by atoms with E-state index in [2.05, 4.69) is 24.3 Å². The molecule has 1 aliphatic rings. The van der Waals surface area contributed by atoms with Crippen LogP contribution in [0.1, 0.15) is 46.0 Å². The van der Waals surface area contributed by atoms with E-state index in [0.717, 1.165) is 24.8 Å². The Balaban J connectivity index is 1.67. The minimum atomic E-state index is -0.899. The number of ether oxygens (including phenoxy) is 1. The minimum Gasteiger partial charge on any atom is -0.478 e. The molecule has 0 radical (unpaired) electrons. The van der Waals surface area contributed by atoms with Crippen LogP contribution in [0, 0.1) is 0 Å². The van der Waals surface area contributed by atoms with Crippen LogP contribution >= 0.6 is 0 Å². The molecule has 0 fully saturated rings. The minimum absolute atomic E-state index is 0.147. The van der Waals surface area contributed by atoms with Crippen LogP contribution in [0.5, 0.6) is 0 Å². The Hall–Kier alpha value is -2.13. The van der Waals surface area contributed by atoms with Crippen molar-refractivity contribution in [1.82, 2.24) is 0 Å². The zero-order chi connectivity index (χ0) is 14.7. The average Bonchev–Trinajstić information content (AvgIpc) is 2.53. The molecule has 0 heterocycles. The Kier molecular flexibility index (Phi) is 4.02. The molecule has 0 bridgehead atoms. The van der Waals surface area contributed by atoms with Gasteiger partial charge in [0.25, 0.3) is 0 Å². The summed E-state index contributed by atoms with van der Waals surface area (Å²) >= 11 is 0. The monoisotopic (exact) mass is 282 g/mol. The quantitative estimate of drug-likeness (QED) is 0.922. The van der Waals surface area contributed by atoms with Crippen molar-refractivity contribution in [2.75, 3.05) is 0 Å². The van der Waals surface area contributed by atoms with Crippen molar-refractivity contribution in [3.63, 3.8) is 0 Å². The summed E-state index contributed by atoms with van der Waals surface area (Å²) in [6, 6.07) is 15.3. The molecule has 0 aromatic heterocycles. The molecule has 1 unspecified atom stereocenters. The molecule has 0 aliphatic heterocycles. The van der Waals surface area contributed by atoms with Gasteiger partial charge >= 0.3 is 5.97 Å². The van der Waals surface area contributed by atoms with Gasteiger partial charge in [0.05, 0.1) is 18.3 Å². The highest BCUT2D eigenvalue weighted by molar-refractivity contribution is 5.87. The van der Waals surface area contributed by atoms with Gasteiger partial charge in [-0.2, -0.15) is 0 Å². The fraction of sp³-hybridized carbons (Fsp3) is 0.278. The normalized spacial score (nSPS) is 17.2. The predicted molar refractivity (Wildman–Crippen MR) is 80.3 cm³/mol. The number of hydrogen-bond donors (Lipinski definition) is 1. The zero-order valence-corrected chi connectivity index (χ0v) is 11.8. The molecule has 3 rings (SSSR count). The van der Waals surface area contributed by atoms with Gasteiger partial charge in [0, 0.05) is 0 Å². The second-order valence-electron chi connectivity index (χ2n) is 5.39. The van der Waals surface area contributed by atoms with E-state index >= 15 is 0 Å². The highest BCUT2D eigenvalue weighted by Gasteiger charge is 2.20. The van der Waals surface area contributed by atoms with Gasteiger partial charge in [0.2, 0.25) is 0 Å². The van der Waals surface area contributed by atoms with E-state index in [-0.39, 0.29) is 6.10 Å². The molecule has 3 heteroatoms. The van der Waals surface area contributed by atoms with Crippen molar-refractivity contribution in [3.8, 4) is 0 Å². The molecule has 0 amide bonds. The van der Waals surface area contributed by atoms with Crippen LogP contribution in [-0.2, 0) is 17.8 Å². The Bertz CT molecular complexity index is 631. The molecule has 108 valence electrons. The number of rotatable bonds is 4. The topological polar surface area (TPSA) is 46.5 Å². The van der Waals surface area contributed by atoms with Crippen LogP contribution in [0.2, 0.25) is 0 Å². The predicted octanol–water partition coefficient (Wildman–Crippen LogP) is 3.98. The molecular formula is C18H18O3. The zero-order valence-electron chi connectivity index (χ0n) is 11.8. The number of fused-ring (bicyclic) bond motifs is 1. The van der Waals surface area contributed by atoms with E-state index in [9.17, 15) is 4.79 Å². The molecule has 21 heavy (non-hydrogen) atoms. The van der Waals surface area contributed by atoms with Crippen LogP contribution in [0.15, 0.2) is 48.5 Å². The summed E-state index contributed by atoms with van der Waals surface area (Å²) in [5.41, 5.74) is 3.99. The van der Waals surface area contributed by atoms with Gasteiger partial charge in [-0.05, 0) is 48.1 Å². The number of benzene rings is 2. The third kappa shape index (κ3) is 3.14. The van der Waals surface area contributed by atoms with Crippen LogP contribution in [-0.4, -0.2) is 11.1 Å². The fourth-order valence-corrected chi connectivity index (χ4v) is 2.82. The Morgan fingerprint density at radius 2 is 1.90 bits per heavy atom. The Morgan fingerprint density at radius 1 is 1.14 bits per heavy atom. The molecule has 2 aromatic rings. The SMILES string of the molecule is O=C(O)c1ccc(COC2CCCc3ccccc32)cc1. The van der Waals surface area contributed by atoms with Gasteiger partial charge < -0.3 is 9.84 Å². The summed E-state index contributed by atoms with van der Waals surface area (Å²) in [4.78, 5) is 10.8. The Labute approximate surface area is 124 Å². The second-order valence-corrected chi connectivity index (χ2v) is 5.39. The number of hydrogen-bond acceptors (Lipinski definition) is 2. The molecule has 0 spiro atoms. The maximum atomic E-state index is 10.8. The van der Waals surface area contributed by atoms with Crippen molar-refractivity contribution in [1.29, 1.82) is 0 Å². The van der Waals surface area contributed by atoms with Crippen molar-refractivity contribution in [2.45, 2.75) is 32.0 Å². The number of carboxylic acid groups (broad SMARTS) is 1. The van der Waals surface area contributed by atoms with Crippen LogP contribution in [0.25, 0.3) is 0 Å². The van der Waals surface area contributed by atoms with Gasteiger partial charge in [-0.3, -0.25) is 0 Å². The van der Waals surface area contributed by atoms with E-state index in [1.807, 2.05) is 12.1 Å². The van der Waals surface area contributed by atoms with Gasteiger partial charge in [0.1, 0.15) is 0 Å². The molecule has 0 saturated carbocycles. The second kappa shape index (κ2) is 6.10. The van der Waals surface area contributed by atoms with Crippen molar-refractivity contribution >= 4 is 5.97 Å². The molecule has 2 aromatic carbocycles. The van der Waals surface area contributed by atoms with E-state index in [4.69, 9.17) is 9.84 Å². The van der Waals surface area contributed by atoms with Crippen LogP contribution in [0.4, 0.5) is 0 Å². The molecule has 1 aliphatic carbocycles. The van der Waals surface area contributed by atoms with Gasteiger partial charge in [-0.25, -0.2) is 4.79 Å². The number of carbonyl (C=O) groups is 1. The lowest BCUT2D eigenvalue weighted by atomic mass is 9.89. The number of carboxylic acids is 1. The smallest absolute Gasteiger partial charge is 0.335 e. The first-order valence-electron chi connectivity index (χ1n) is 7.25. The van der Waals surface area contributed by atoms with Gasteiger partial charge in [0.15, 0.2) is 0 Å². The first-order valence-corrected chi connectivity index (χ1v) is 7.25. The van der Waals surface area contributed by atoms with E-state index in [1.165, 1.54) is 11.1 Å². The molecular weight excluding hydrogens is 264 g/mol. The summed E-state index contributed by atoms with van der Waals surface area (Å²) in [5.74, 6) is -0.899. The molecule has 0 saturated heterocycles. The van der Waals surface area contributed by atoms with Crippen molar-refractivity contribution in [2.24, 2.45) is 0 Å². The first-order chi connectivity index (χ1) is 10.2. The molecule has 3 nitrogen and oxygen atoms in total. The maximum Gasteiger partial charge on any atom is 0.335 e. The fourth-order valence-electron chi connectivity index (χ4n) is 2.82. The summed E-state index contributed by atoms with van der Waals surface area (Å²) in [5, 5.41) is 8.89. The largest absolute Gasteiger partial charge is 0.478 e. The Morgan fingerprint density at radius 3 is 2.67 bits per heavy atom. The maximum absolute atomic E-state index is 10.8. The highest BCUT2D eigenvalue weighted by Crippen LogP contribution is 2.32. The lowest BCUT2D eigenvalue weighted by Gasteiger charge is -2.25. The third-order valence-corrected chi connectivity index (χ3v) is 3.97. The average molecular weight is 282 g/mol. The lowest BCUT2D eigenvalue weighted by Crippen LogP contribution is -2.12. The highest BCUT2D eigenvalue weighted by atomic mass is 16.5. The van der Waals surface area contributed by atoms with E-state index in [0.29, 0.717) is 12.2 Å². The standard InChI is InChI=1S/C18H18O3/c19-18(20)15-10-8-13(9-11-15)12-21-17-7-3-5-14-4-1-2-6-16(14)17/h1-2,4,6,8-11,17H,3,5,7,12H2,(H,19,20). The molecule has 1 atom stereocenters. The lowest BCUT2D eigenvalue weighted by molar-refractivity contribution is 0.0282. The summed E-state index contributed by atoms with van der Waals surface area (Å²) < 4.78 is 6.05. The van der Waals surface area contributed by atoms with Crippen molar-refractivity contribution in [3.05, 3.63) is 70.8 Å². The summed E-state index contributed by atoms with van der Waals surface area (Å²) in [6.45, 7) is 0.513. The summed E-state index contributed by atoms with van der Waals surface area (Å²) in [6.07, 6.45) is 3.47. The van der Waals surface area contributed by atoms with Crippen LogP contribution < -0.4 is 0 Å². The third-order valence-electron chi connectivity index (χ3n) is 3.97. The summed E-state index contributed by atoms with van der Waals surface area (Å²) in [7, 11) is 0.